The molecule has 0 saturated heterocycles. The predicted molar refractivity (Wildman–Crippen MR) is 103 cm³/mol. The van der Waals surface area contributed by atoms with Crippen molar-refractivity contribution in [3.05, 3.63) is 50.2 Å². The number of rotatable bonds is 8. The molecule has 0 amide bonds. The van der Waals surface area contributed by atoms with Crippen LogP contribution in [0, 0.1) is 0 Å². The number of anilines is 1. The maximum atomic E-state index is 12.4. The highest BCUT2D eigenvalue weighted by Gasteiger charge is 2.10. The molecule has 1 aromatic carbocycles. The van der Waals surface area contributed by atoms with Gasteiger partial charge in [-0.05, 0) is 30.5 Å². The summed E-state index contributed by atoms with van der Waals surface area (Å²) >= 11 is 11.9. The van der Waals surface area contributed by atoms with Crippen LogP contribution < -0.4 is 10.9 Å². The van der Waals surface area contributed by atoms with Gasteiger partial charge in [0.25, 0.3) is 5.56 Å². The molecule has 2 N–H and O–H groups in total. The molecule has 0 spiro atoms. The molecule has 2 aromatic heterocycles. The van der Waals surface area contributed by atoms with E-state index in [0.717, 1.165) is 18.4 Å². The molecule has 3 rings (SSSR count). The van der Waals surface area contributed by atoms with Gasteiger partial charge in [0.2, 0.25) is 0 Å². The Hall–Kier alpha value is -2.09. The average molecular weight is 396 g/mol. The quantitative estimate of drug-likeness (QED) is 0.570. The summed E-state index contributed by atoms with van der Waals surface area (Å²) in [5.41, 5.74) is 1.75. The third-order valence-corrected chi connectivity index (χ3v) is 4.68. The predicted octanol–water partition coefficient (Wildman–Crippen LogP) is 3.47. The van der Waals surface area contributed by atoms with Gasteiger partial charge in [-0.2, -0.15) is 0 Å². The van der Waals surface area contributed by atoms with Crippen LogP contribution in [0.3, 0.4) is 0 Å². The normalized spacial score (nSPS) is 11.2. The summed E-state index contributed by atoms with van der Waals surface area (Å²) in [6.45, 7) is 1.80. The van der Waals surface area contributed by atoms with Crippen LogP contribution in [0.1, 0.15) is 18.4 Å². The van der Waals surface area contributed by atoms with E-state index >= 15 is 0 Å². The summed E-state index contributed by atoms with van der Waals surface area (Å²) in [5, 5.41) is 12.3. The summed E-state index contributed by atoms with van der Waals surface area (Å²) in [4.78, 5) is 15.2. The topological polar surface area (TPSA) is 84.8 Å². The van der Waals surface area contributed by atoms with Gasteiger partial charge in [-0.15, -0.1) is 5.10 Å². The molecule has 0 unspecified atom stereocenters. The second-order valence-electron chi connectivity index (χ2n) is 5.86. The lowest BCUT2D eigenvalue weighted by Gasteiger charge is -2.07. The molecule has 0 aliphatic rings. The lowest BCUT2D eigenvalue weighted by molar-refractivity contribution is 0.191. The zero-order chi connectivity index (χ0) is 18.5. The average Bonchev–Trinajstić information content (AvgIpc) is 3.03. The second kappa shape index (κ2) is 8.53. The maximum absolute atomic E-state index is 12.4. The summed E-state index contributed by atoms with van der Waals surface area (Å²) in [7, 11) is 1.67. The number of halogens is 2. The smallest absolute Gasteiger partial charge is 0.277 e. The number of benzene rings is 1. The Morgan fingerprint density at radius 2 is 2.08 bits per heavy atom. The SMILES string of the molecule is COCCCCn1nnc2cc(NCc3ccc(Cl)c(Cl)c3)[nH]c(=O)c21. The van der Waals surface area contributed by atoms with E-state index in [4.69, 9.17) is 27.9 Å². The standard InChI is InChI=1S/C17H19Cl2N5O2/c1-26-7-3-2-6-24-16-14(22-23-24)9-15(21-17(16)25)20-10-11-4-5-12(18)13(19)8-11/h4-5,8-9H,2-3,6-7,10H2,1H3,(H2,20,21,25). The lowest BCUT2D eigenvalue weighted by atomic mass is 10.2. The number of pyridine rings is 1. The van der Waals surface area contributed by atoms with Crippen LogP contribution in [-0.4, -0.2) is 33.7 Å². The van der Waals surface area contributed by atoms with Crippen LogP contribution in [0.5, 0.6) is 0 Å². The number of methoxy groups -OCH3 is 1. The Bertz CT molecular complexity index is 954. The van der Waals surface area contributed by atoms with E-state index in [1.54, 1.807) is 30.0 Å². The molecule has 26 heavy (non-hydrogen) atoms. The van der Waals surface area contributed by atoms with Crippen LogP contribution in [0.15, 0.2) is 29.1 Å². The second-order valence-corrected chi connectivity index (χ2v) is 6.67. The van der Waals surface area contributed by atoms with Gasteiger partial charge in [0, 0.05) is 32.9 Å². The summed E-state index contributed by atoms with van der Waals surface area (Å²) < 4.78 is 6.66. The number of hydrogen-bond donors (Lipinski definition) is 2. The molecule has 0 atom stereocenters. The zero-order valence-electron chi connectivity index (χ0n) is 14.3. The van der Waals surface area contributed by atoms with Gasteiger partial charge >= 0.3 is 0 Å². The zero-order valence-corrected chi connectivity index (χ0v) is 15.8. The summed E-state index contributed by atoms with van der Waals surface area (Å²) in [6, 6.07) is 7.16. The summed E-state index contributed by atoms with van der Waals surface area (Å²) in [6.07, 6.45) is 1.77. The van der Waals surface area contributed by atoms with Crippen molar-refractivity contribution in [1.29, 1.82) is 0 Å². The van der Waals surface area contributed by atoms with Crippen molar-refractivity contribution in [3.8, 4) is 0 Å². The van der Waals surface area contributed by atoms with Gasteiger partial charge in [0.05, 0.1) is 10.0 Å². The minimum absolute atomic E-state index is 0.226. The minimum atomic E-state index is -0.226. The van der Waals surface area contributed by atoms with Crippen LogP contribution in [0.2, 0.25) is 10.0 Å². The number of unbranched alkanes of at least 4 members (excludes halogenated alkanes) is 1. The van der Waals surface area contributed by atoms with E-state index in [2.05, 4.69) is 20.6 Å². The Morgan fingerprint density at radius 3 is 2.85 bits per heavy atom. The van der Waals surface area contributed by atoms with Gasteiger partial charge in [-0.3, -0.25) is 4.79 Å². The van der Waals surface area contributed by atoms with Crippen molar-refractivity contribution in [2.24, 2.45) is 0 Å². The first-order chi connectivity index (χ1) is 12.6. The van der Waals surface area contributed by atoms with Crippen molar-refractivity contribution in [3.63, 3.8) is 0 Å². The highest BCUT2D eigenvalue weighted by atomic mass is 35.5. The highest BCUT2D eigenvalue weighted by Crippen LogP contribution is 2.23. The number of nitrogens with zero attached hydrogens (tertiary/aromatic N) is 3. The van der Waals surface area contributed by atoms with Gasteiger partial charge in [0.1, 0.15) is 11.3 Å². The van der Waals surface area contributed by atoms with E-state index in [0.29, 0.717) is 46.6 Å². The molecular formula is C17H19Cl2N5O2. The third-order valence-electron chi connectivity index (χ3n) is 3.94. The fourth-order valence-corrected chi connectivity index (χ4v) is 2.94. The fourth-order valence-electron chi connectivity index (χ4n) is 2.62. The molecule has 3 aromatic rings. The van der Waals surface area contributed by atoms with Crippen molar-refractivity contribution < 1.29 is 4.74 Å². The van der Waals surface area contributed by atoms with Crippen LogP contribution >= 0.6 is 23.2 Å². The van der Waals surface area contributed by atoms with Crippen LogP contribution in [0.25, 0.3) is 11.0 Å². The molecule has 0 fully saturated rings. The Kier molecular flexibility index (Phi) is 6.13. The Balaban J connectivity index is 1.72. The number of aryl methyl sites for hydroxylation is 1. The van der Waals surface area contributed by atoms with Crippen molar-refractivity contribution in [1.82, 2.24) is 20.0 Å². The Labute approximate surface area is 160 Å². The number of ether oxygens (including phenoxy) is 1. The maximum Gasteiger partial charge on any atom is 0.277 e. The molecule has 0 aliphatic carbocycles. The Morgan fingerprint density at radius 1 is 1.23 bits per heavy atom. The molecule has 0 aliphatic heterocycles. The molecule has 138 valence electrons. The molecule has 0 saturated carbocycles. The van der Waals surface area contributed by atoms with Crippen molar-refractivity contribution in [2.75, 3.05) is 19.0 Å². The van der Waals surface area contributed by atoms with Crippen molar-refractivity contribution >= 4 is 40.1 Å². The minimum Gasteiger partial charge on any atom is -0.385 e. The van der Waals surface area contributed by atoms with E-state index in [-0.39, 0.29) is 5.56 Å². The van der Waals surface area contributed by atoms with Gasteiger partial charge < -0.3 is 15.0 Å². The molecule has 0 bridgehead atoms. The third kappa shape index (κ3) is 4.35. The first-order valence-electron chi connectivity index (χ1n) is 8.21. The van der Waals surface area contributed by atoms with Crippen LogP contribution in [0.4, 0.5) is 5.82 Å². The number of nitrogens with one attached hydrogen (secondary N) is 2. The monoisotopic (exact) mass is 395 g/mol. The van der Waals surface area contributed by atoms with E-state index < -0.39 is 0 Å². The number of hydrogen-bond acceptors (Lipinski definition) is 5. The number of aromatic amines is 1. The molecular weight excluding hydrogens is 377 g/mol. The highest BCUT2D eigenvalue weighted by molar-refractivity contribution is 6.42. The van der Waals surface area contributed by atoms with Gasteiger partial charge in [-0.25, -0.2) is 4.68 Å². The fraction of sp³-hybridized carbons (Fsp3) is 0.353. The lowest BCUT2D eigenvalue weighted by Crippen LogP contribution is -2.15. The summed E-state index contributed by atoms with van der Waals surface area (Å²) in [5.74, 6) is 0.569. The van der Waals surface area contributed by atoms with Crippen LogP contribution in [-0.2, 0) is 17.8 Å². The molecule has 7 nitrogen and oxygen atoms in total. The molecule has 9 heteroatoms. The number of H-pyrrole nitrogens is 1. The van der Waals surface area contributed by atoms with Gasteiger partial charge in [-0.1, -0.05) is 34.5 Å². The van der Waals surface area contributed by atoms with E-state index in [1.807, 2.05) is 6.07 Å². The first kappa shape index (κ1) is 18.7. The van der Waals surface area contributed by atoms with Crippen molar-refractivity contribution in [2.45, 2.75) is 25.9 Å². The van der Waals surface area contributed by atoms with E-state index in [9.17, 15) is 4.79 Å². The van der Waals surface area contributed by atoms with Gasteiger partial charge in [0.15, 0.2) is 5.52 Å². The molecule has 0 radical (unpaired) electrons. The number of aromatic nitrogens is 4. The van der Waals surface area contributed by atoms with E-state index in [1.165, 1.54) is 0 Å². The molecule has 2 heterocycles. The first-order valence-corrected chi connectivity index (χ1v) is 8.97. The number of fused-ring (bicyclic) bond motifs is 1. The largest absolute Gasteiger partial charge is 0.385 e.